The number of carbonyl (C=O) groups excluding carboxylic acids is 2. The van der Waals surface area contributed by atoms with E-state index in [1.54, 1.807) is 0 Å². The van der Waals surface area contributed by atoms with Crippen molar-refractivity contribution in [1.82, 2.24) is 9.78 Å². The molecule has 1 fully saturated rings. The van der Waals surface area contributed by atoms with Crippen molar-refractivity contribution in [1.29, 1.82) is 0 Å². The predicted octanol–water partition coefficient (Wildman–Crippen LogP) is 1.16. The second-order valence-electron chi connectivity index (χ2n) is 6.40. The van der Waals surface area contributed by atoms with Crippen LogP contribution >= 0.6 is 0 Å². The SMILES string of the molecule is COC(=O)CC(=O)C1CCc2nn(C3CC(C(=O)O)C3)cc2C1. The zero-order chi connectivity index (χ0) is 16.6. The van der Waals surface area contributed by atoms with Crippen molar-refractivity contribution >= 4 is 17.7 Å². The van der Waals surface area contributed by atoms with Crippen molar-refractivity contribution in [2.75, 3.05) is 7.11 Å². The average molecular weight is 320 g/mol. The molecule has 3 rings (SSSR count). The van der Waals surface area contributed by atoms with Gasteiger partial charge in [-0.1, -0.05) is 0 Å². The number of ketones is 1. The first kappa shape index (κ1) is 15.7. The maximum Gasteiger partial charge on any atom is 0.313 e. The highest BCUT2D eigenvalue weighted by Crippen LogP contribution is 2.38. The van der Waals surface area contributed by atoms with Gasteiger partial charge < -0.3 is 9.84 Å². The fourth-order valence-electron chi connectivity index (χ4n) is 3.35. The van der Waals surface area contributed by atoms with Crippen LogP contribution in [0.3, 0.4) is 0 Å². The minimum absolute atomic E-state index is 0.0789. The van der Waals surface area contributed by atoms with Crippen LogP contribution in [0.2, 0.25) is 0 Å². The number of hydrogen-bond donors (Lipinski definition) is 1. The summed E-state index contributed by atoms with van der Waals surface area (Å²) in [7, 11) is 1.28. The number of aromatic nitrogens is 2. The normalized spacial score (nSPS) is 26.0. The summed E-state index contributed by atoms with van der Waals surface area (Å²) < 4.78 is 6.40. The molecule has 2 aliphatic carbocycles. The van der Waals surface area contributed by atoms with Crippen LogP contribution in [0.5, 0.6) is 0 Å². The summed E-state index contributed by atoms with van der Waals surface area (Å²) in [6, 6.07) is 0.144. The van der Waals surface area contributed by atoms with Crippen LogP contribution < -0.4 is 0 Å². The molecule has 0 bridgehead atoms. The fourth-order valence-corrected chi connectivity index (χ4v) is 3.35. The van der Waals surface area contributed by atoms with E-state index in [1.807, 2.05) is 10.9 Å². The second-order valence-corrected chi connectivity index (χ2v) is 6.40. The number of aryl methyl sites for hydroxylation is 1. The van der Waals surface area contributed by atoms with Gasteiger partial charge in [0.2, 0.25) is 0 Å². The molecule has 1 unspecified atom stereocenters. The summed E-state index contributed by atoms with van der Waals surface area (Å²) in [4.78, 5) is 34.2. The van der Waals surface area contributed by atoms with Crippen molar-refractivity contribution < 1.29 is 24.2 Å². The standard InChI is InChI=1S/C16H20N2O5/c1-23-15(20)7-14(19)9-2-3-13-11(4-9)8-18(17-13)12-5-10(6-12)16(21)22/h8-10,12H,2-7H2,1H3,(H,21,22). The van der Waals surface area contributed by atoms with Crippen molar-refractivity contribution in [3.8, 4) is 0 Å². The summed E-state index contributed by atoms with van der Waals surface area (Å²) in [6.45, 7) is 0. The Bertz CT molecular complexity index is 645. The van der Waals surface area contributed by atoms with Gasteiger partial charge in [-0.05, 0) is 37.7 Å². The van der Waals surface area contributed by atoms with E-state index >= 15 is 0 Å². The lowest BCUT2D eigenvalue weighted by Crippen LogP contribution is -2.32. The zero-order valence-electron chi connectivity index (χ0n) is 13.0. The van der Waals surface area contributed by atoms with Gasteiger partial charge >= 0.3 is 11.9 Å². The Kier molecular flexibility index (Phi) is 4.19. The molecule has 0 spiro atoms. The number of carbonyl (C=O) groups is 3. The number of Topliss-reactive ketones (excluding diaryl/α,β-unsaturated/α-hetero) is 1. The number of fused-ring (bicyclic) bond motifs is 1. The molecule has 1 atom stereocenters. The van der Waals surface area contributed by atoms with Gasteiger partial charge in [-0.25, -0.2) is 0 Å². The lowest BCUT2D eigenvalue weighted by molar-refractivity contribution is -0.146. The number of nitrogens with zero attached hydrogens (tertiary/aromatic N) is 2. The largest absolute Gasteiger partial charge is 0.481 e. The Balaban J connectivity index is 1.62. The van der Waals surface area contributed by atoms with Crippen molar-refractivity contribution in [3.63, 3.8) is 0 Å². The smallest absolute Gasteiger partial charge is 0.313 e. The molecule has 1 saturated carbocycles. The maximum atomic E-state index is 12.1. The summed E-state index contributed by atoms with van der Waals surface area (Å²) in [5.74, 6) is -1.75. The second kappa shape index (κ2) is 6.14. The summed E-state index contributed by atoms with van der Waals surface area (Å²) in [5, 5.41) is 13.5. The Labute approximate surface area is 133 Å². The molecule has 0 amide bonds. The average Bonchev–Trinajstić information content (AvgIpc) is 2.87. The van der Waals surface area contributed by atoms with E-state index in [-0.39, 0.29) is 30.1 Å². The first-order valence-corrected chi connectivity index (χ1v) is 7.87. The van der Waals surface area contributed by atoms with E-state index in [1.165, 1.54) is 7.11 Å². The number of rotatable bonds is 5. The molecule has 1 N–H and O–H groups in total. The molecule has 2 aliphatic rings. The van der Waals surface area contributed by atoms with E-state index < -0.39 is 11.9 Å². The van der Waals surface area contributed by atoms with Crippen LogP contribution in [0.25, 0.3) is 0 Å². The molecule has 23 heavy (non-hydrogen) atoms. The molecule has 1 aromatic rings. The van der Waals surface area contributed by atoms with Crippen LogP contribution in [0, 0.1) is 11.8 Å². The molecule has 0 aliphatic heterocycles. The molecular formula is C16H20N2O5. The third kappa shape index (κ3) is 3.13. The third-order valence-corrected chi connectivity index (χ3v) is 4.93. The van der Waals surface area contributed by atoms with Crippen molar-refractivity contribution in [3.05, 3.63) is 17.5 Å². The van der Waals surface area contributed by atoms with Crippen LogP contribution in [0.15, 0.2) is 6.20 Å². The summed E-state index contributed by atoms with van der Waals surface area (Å²) in [5.41, 5.74) is 2.03. The van der Waals surface area contributed by atoms with Gasteiger partial charge in [-0.15, -0.1) is 0 Å². The highest BCUT2D eigenvalue weighted by Gasteiger charge is 2.37. The molecule has 124 valence electrons. The van der Waals surface area contributed by atoms with Gasteiger partial charge in [-0.2, -0.15) is 5.10 Å². The van der Waals surface area contributed by atoms with Crippen molar-refractivity contribution in [2.45, 2.75) is 44.6 Å². The van der Waals surface area contributed by atoms with Crippen LogP contribution in [0.1, 0.15) is 43.0 Å². The Morgan fingerprint density at radius 2 is 2.09 bits per heavy atom. The number of methoxy groups -OCH3 is 1. The van der Waals surface area contributed by atoms with E-state index in [0.717, 1.165) is 17.7 Å². The van der Waals surface area contributed by atoms with Gasteiger partial charge in [0, 0.05) is 12.1 Å². The quantitative estimate of drug-likeness (QED) is 0.645. The fraction of sp³-hybridized carbons (Fsp3) is 0.625. The van der Waals surface area contributed by atoms with Gasteiger partial charge in [-0.3, -0.25) is 19.1 Å². The number of esters is 1. The van der Waals surface area contributed by atoms with E-state index in [2.05, 4.69) is 9.84 Å². The lowest BCUT2D eigenvalue weighted by atomic mass is 9.80. The van der Waals surface area contributed by atoms with E-state index in [4.69, 9.17) is 5.11 Å². The topological polar surface area (TPSA) is 98.5 Å². The monoisotopic (exact) mass is 320 g/mol. The molecule has 7 nitrogen and oxygen atoms in total. The Morgan fingerprint density at radius 3 is 2.74 bits per heavy atom. The lowest BCUT2D eigenvalue weighted by Gasteiger charge is -2.32. The van der Waals surface area contributed by atoms with E-state index in [0.29, 0.717) is 25.7 Å². The number of carboxylic acid groups (broad SMARTS) is 1. The number of carboxylic acids is 1. The molecule has 0 aromatic carbocycles. The van der Waals surface area contributed by atoms with Crippen LogP contribution in [0.4, 0.5) is 0 Å². The van der Waals surface area contributed by atoms with Gasteiger partial charge in [0.15, 0.2) is 0 Å². The first-order valence-electron chi connectivity index (χ1n) is 7.87. The first-order chi connectivity index (χ1) is 11.0. The van der Waals surface area contributed by atoms with Gasteiger partial charge in [0.1, 0.15) is 12.2 Å². The molecule has 0 saturated heterocycles. The van der Waals surface area contributed by atoms with E-state index in [9.17, 15) is 14.4 Å². The molecule has 0 radical (unpaired) electrons. The summed E-state index contributed by atoms with van der Waals surface area (Å²) >= 11 is 0. The van der Waals surface area contributed by atoms with Crippen molar-refractivity contribution in [2.24, 2.45) is 11.8 Å². The maximum absolute atomic E-state index is 12.1. The third-order valence-electron chi connectivity index (χ3n) is 4.93. The van der Waals surface area contributed by atoms with Crippen LogP contribution in [-0.4, -0.2) is 39.7 Å². The molecule has 7 heteroatoms. The Morgan fingerprint density at radius 1 is 1.35 bits per heavy atom. The predicted molar refractivity (Wildman–Crippen MR) is 78.8 cm³/mol. The van der Waals surface area contributed by atoms with Crippen LogP contribution in [-0.2, 0) is 32.0 Å². The number of ether oxygens (including phenoxy) is 1. The number of hydrogen-bond acceptors (Lipinski definition) is 5. The molecule has 1 aromatic heterocycles. The minimum atomic E-state index is -0.744. The van der Waals surface area contributed by atoms with Gasteiger partial charge in [0.25, 0.3) is 0 Å². The summed E-state index contributed by atoms with van der Waals surface area (Å²) in [6.07, 6.45) is 5.00. The molecular weight excluding hydrogens is 300 g/mol. The van der Waals surface area contributed by atoms with Gasteiger partial charge in [0.05, 0.1) is 24.8 Å². The molecule has 1 heterocycles. The minimum Gasteiger partial charge on any atom is -0.481 e. The Hall–Kier alpha value is -2.18. The number of aliphatic carboxylic acids is 1. The highest BCUT2D eigenvalue weighted by atomic mass is 16.5. The highest BCUT2D eigenvalue weighted by molar-refractivity contribution is 5.96. The zero-order valence-corrected chi connectivity index (χ0v) is 13.0.